The third-order valence-electron chi connectivity index (χ3n) is 0.507. The average molecular weight is 162 g/mol. The maximum absolute atomic E-state index is 10.2. The SMILES string of the molecule is [B]C(P)(S)COC(C)=O. The van der Waals surface area contributed by atoms with Crippen LogP contribution in [-0.2, 0) is 9.53 Å². The third kappa shape index (κ3) is 8.31. The first-order chi connectivity index (χ1) is 3.92. The quantitative estimate of drug-likeness (QED) is 0.271. The summed E-state index contributed by atoms with van der Waals surface area (Å²) in [6.07, 6.45) is 0. The summed E-state index contributed by atoms with van der Waals surface area (Å²) < 4.78 is 3.75. The number of carbonyl (C=O) groups is 1. The number of carbonyl (C=O) groups excluding carboxylic acids is 1. The Bertz CT molecular complexity index is 112. The van der Waals surface area contributed by atoms with Crippen LogP contribution in [0, 0.1) is 0 Å². The second kappa shape index (κ2) is 3.48. The first-order valence-electron chi connectivity index (χ1n) is 2.35. The summed E-state index contributed by atoms with van der Waals surface area (Å²) in [6, 6.07) is 0. The van der Waals surface area contributed by atoms with Crippen LogP contribution in [0.1, 0.15) is 6.92 Å². The van der Waals surface area contributed by atoms with Crippen LogP contribution >= 0.6 is 21.9 Å². The van der Waals surface area contributed by atoms with Crippen molar-refractivity contribution >= 4 is 35.7 Å². The minimum absolute atomic E-state index is 0.107. The van der Waals surface area contributed by atoms with Crippen LogP contribution < -0.4 is 0 Å². The summed E-state index contributed by atoms with van der Waals surface area (Å²) in [5.74, 6) is -0.346. The van der Waals surface area contributed by atoms with Crippen molar-refractivity contribution in [1.82, 2.24) is 0 Å². The highest BCUT2D eigenvalue weighted by Crippen LogP contribution is 2.17. The van der Waals surface area contributed by atoms with Crippen LogP contribution in [-0.4, -0.2) is 24.8 Å². The Balaban J connectivity index is 3.39. The van der Waals surface area contributed by atoms with Crippen LogP contribution in [0.2, 0.25) is 0 Å². The van der Waals surface area contributed by atoms with Gasteiger partial charge in [0.05, 0.1) is 7.85 Å². The number of ether oxygens (including phenoxy) is 1. The molecular weight excluding hydrogens is 154 g/mol. The zero-order valence-electron chi connectivity index (χ0n) is 5.13. The van der Waals surface area contributed by atoms with E-state index in [4.69, 9.17) is 7.85 Å². The summed E-state index contributed by atoms with van der Waals surface area (Å²) in [7, 11) is 7.58. The van der Waals surface area contributed by atoms with Crippen LogP contribution in [0.15, 0.2) is 0 Å². The monoisotopic (exact) mass is 162 g/mol. The molecule has 0 aromatic carbocycles. The van der Waals surface area contributed by atoms with Crippen LogP contribution in [0.3, 0.4) is 0 Å². The molecule has 0 aliphatic heterocycles. The van der Waals surface area contributed by atoms with Crippen molar-refractivity contribution in [2.24, 2.45) is 0 Å². The minimum Gasteiger partial charge on any atom is -0.465 e. The van der Waals surface area contributed by atoms with E-state index in [0.717, 1.165) is 0 Å². The zero-order chi connectivity index (χ0) is 7.49. The lowest BCUT2D eigenvalue weighted by Crippen LogP contribution is -2.21. The van der Waals surface area contributed by atoms with Crippen LogP contribution in [0.4, 0.5) is 0 Å². The van der Waals surface area contributed by atoms with Crippen LogP contribution in [0.5, 0.6) is 0 Å². The van der Waals surface area contributed by atoms with Gasteiger partial charge in [-0.25, -0.2) is 0 Å². The molecule has 0 saturated carbocycles. The van der Waals surface area contributed by atoms with Gasteiger partial charge in [0, 0.05) is 11.3 Å². The molecule has 0 aliphatic rings. The Morgan fingerprint density at radius 1 is 2.00 bits per heavy atom. The molecule has 0 saturated heterocycles. The Labute approximate surface area is 63.7 Å². The Morgan fingerprint density at radius 3 is 2.56 bits per heavy atom. The second-order valence-electron chi connectivity index (χ2n) is 1.77. The first kappa shape index (κ1) is 9.31. The smallest absolute Gasteiger partial charge is 0.302 e. The van der Waals surface area contributed by atoms with E-state index in [1.807, 2.05) is 0 Å². The number of hydrogen-bond acceptors (Lipinski definition) is 3. The van der Waals surface area contributed by atoms with Gasteiger partial charge in [-0.3, -0.25) is 4.79 Å². The molecule has 0 spiro atoms. The molecule has 0 N–H and O–H groups in total. The molecular formula is C4H8BO2PS. The molecule has 5 heteroatoms. The Morgan fingerprint density at radius 2 is 2.44 bits per heavy atom. The van der Waals surface area contributed by atoms with E-state index < -0.39 is 4.39 Å². The molecule has 0 aromatic rings. The lowest BCUT2D eigenvalue weighted by Gasteiger charge is -2.15. The van der Waals surface area contributed by atoms with Gasteiger partial charge in [-0.05, 0) is 0 Å². The molecule has 2 unspecified atom stereocenters. The van der Waals surface area contributed by atoms with Crippen molar-refractivity contribution in [1.29, 1.82) is 0 Å². The maximum Gasteiger partial charge on any atom is 0.302 e. The van der Waals surface area contributed by atoms with Gasteiger partial charge in [0.2, 0.25) is 0 Å². The molecule has 0 amide bonds. The largest absolute Gasteiger partial charge is 0.465 e. The Hall–Kier alpha value is 0.315. The summed E-state index contributed by atoms with van der Waals surface area (Å²) in [6.45, 7) is 1.43. The minimum atomic E-state index is -0.800. The molecule has 0 rings (SSSR count). The van der Waals surface area contributed by atoms with Crippen LogP contribution in [0.25, 0.3) is 0 Å². The molecule has 0 aromatic heterocycles. The van der Waals surface area contributed by atoms with Gasteiger partial charge in [0.1, 0.15) is 6.61 Å². The lowest BCUT2D eigenvalue weighted by atomic mass is 10.0. The number of rotatable bonds is 2. The van der Waals surface area contributed by atoms with Crippen molar-refractivity contribution < 1.29 is 9.53 Å². The van der Waals surface area contributed by atoms with Gasteiger partial charge >= 0.3 is 5.97 Å². The van der Waals surface area contributed by atoms with E-state index >= 15 is 0 Å². The van der Waals surface area contributed by atoms with Gasteiger partial charge in [-0.15, -0.1) is 9.24 Å². The molecule has 0 bridgehead atoms. The molecule has 0 heterocycles. The number of hydrogen-bond donors (Lipinski definition) is 1. The lowest BCUT2D eigenvalue weighted by molar-refractivity contribution is -0.140. The standard InChI is InChI=1S/C4H8BO2PS/c1-3(6)7-2-4(5,8)9/h9H,2,8H2,1H3. The molecule has 0 aliphatic carbocycles. The van der Waals surface area contributed by atoms with Crippen molar-refractivity contribution in [2.45, 2.75) is 11.3 Å². The van der Waals surface area contributed by atoms with Crippen molar-refractivity contribution in [3.63, 3.8) is 0 Å². The topological polar surface area (TPSA) is 26.3 Å². The number of thiol groups is 1. The van der Waals surface area contributed by atoms with Crippen molar-refractivity contribution in [3.8, 4) is 0 Å². The molecule has 9 heavy (non-hydrogen) atoms. The summed E-state index contributed by atoms with van der Waals surface area (Å²) in [5.41, 5.74) is 0. The van der Waals surface area contributed by atoms with Gasteiger partial charge in [0.25, 0.3) is 0 Å². The van der Waals surface area contributed by atoms with Gasteiger partial charge in [-0.2, -0.15) is 12.6 Å². The second-order valence-corrected chi connectivity index (χ2v) is 4.12. The highest BCUT2D eigenvalue weighted by molar-refractivity contribution is 7.88. The average Bonchev–Trinajstić information content (AvgIpc) is 1.59. The van der Waals surface area contributed by atoms with E-state index in [1.165, 1.54) is 6.92 Å². The summed E-state index contributed by atoms with van der Waals surface area (Å²) in [4.78, 5) is 10.2. The van der Waals surface area contributed by atoms with Gasteiger partial charge in [0.15, 0.2) is 0 Å². The summed E-state index contributed by atoms with van der Waals surface area (Å²) >= 11 is 3.89. The van der Waals surface area contributed by atoms with E-state index in [1.54, 1.807) is 0 Å². The first-order valence-corrected chi connectivity index (χ1v) is 3.38. The van der Waals surface area contributed by atoms with Crippen molar-refractivity contribution in [3.05, 3.63) is 0 Å². The third-order valence-corrected chi connectivity index (χ3v) is 0.802. The normalized spacial score (nSPS) is 16.3. The fourth-order valence-electron chi connectivity index (χ4n) is 0.217. The zero-order valence-corrected chi connectivity index (χ0v) is 7.17. The van der Waals surface area contributed by atoms with Gasteiger partial charge in [-0.1, -0.05) is 0 Å². The predicted octanol–water partition coefficient (Wildman–Crippen LogP) is 0.177. The van der Waals surface area contributed by atoms with E-state index in [0.29, 0.717) is 0 Å². The van der Waals surface area contributed by atoms with E-state index in [2.05, 4.69) is 26.6 Å². The molecule has 0 fully saturated rings. The Kier molecular flexibility index (Phi) is 3.60. The number of esters is 1. The molecule has 2 atom stereocenters. The summed E-state index contributed by atoms with van der Waals surface area (Å²) in [5, 5.41) is 0. The van der Waals surface area contributed by atoms with E-state index in [-0.39, 0.29) is 12.6 Å². The predicted molar refractivity (Wildman–Crippen MR) is 43.8 cm³/mol. The van der Waals surface area contributed by atoms with Crippen molar-refractivity contribution in [2.75, 3.05) is 6.61 Å². The molecule has 2 radical (unpaired) electrons. The highest BCUT2D eigenvalue weighted by atomic mass is 32.1. The van der Waals surface area contributed by atoms with E-state index in [9.17, 15) is 4.79 Å². The molecule has 2 nitrogen and oxygen atoms in total. The van der Waals surface area contributed by atoms with Gasteiger partial charge < -0.3 is 4.74 Å². The maximum atomic E-state index is 10.2. The highest BCUT2D eigenvalue weighted by Gasteiger charge is 2.11. The fourth-order valence-corrected chi connectivity index (χ4v) is 0.365. The molecule has 50 valence electrons. The fraction of sp³-hybridized carbons (Fsp3) is 0.750.